The summed E-state index contributed by atoms with van der Waals surface area (Å²) in [6.45, 7) is -0.146. The van der Waals surface area contributed by atoms with Gasteiger partial charge in [-0.05, 0) is 6.07 Å². The van der Waals surface area contributed by atoms with Crippen LogP contribution < -0.4 is 0 Å². The molecule has 0 aliphatic heterocycles. The topological polar surface area (TPSA) is 69.1 Å². The molecule has 0 radical (unpaired) electrons. The Morgan fingerprint density at radius 3 is 2.77 bits per heavy atom. The highest BCUT2D eigenvalue weighted by atomic mass is 16.3. The molecule has 4 nitrogen and oxygen atoms in total. The number of aliphatic hydroxyl groups excluding tert-OH is 2. The lowest BCUT2D eigenvalue weighted by Gasteiger charge is -1.94. The molecular formula is C9H10N2O2. The average Bonchev–Trinajstić information content (AvgIpc) is 2.59. The van der Waals surface area contributed by atoms with Gasteiger partial charge in [0, 0.05) is 5.56 Å². The Kier molecular flexibility index (Phi) is 2.00. The van der Waals surface area contributed by atoms with Crippen LogP contribution in [0, 0.1) is 0 Å². The van der Waals surface area contributed by atoms with Gasteiger partial charge in [-0.3, -0.25) is 0 Å². The predicted octanol–water partition coefficient (Wildman–Crippen LogP) is 0.548. The van der Waals surface area contributed by atoms with E-state index in [0.29, 0.717) is 5.82 Å². The molecule has 1 heterocycles. The van der Waals surface area contributed by atoms with E-state index in [2.05, 4.69) is 9.97 Å². The molecule has 1 aromatic carbocycles. The Labute approximate surface area is 74.9 Å². The van der Waals surface area contributed by atoms with Crippen LogP contribution in [0.2, 0.25) is 0 Å². The first-order valence-corrected chi connectivity index (χ1v) is 4.03. The number of imidazole rings is 1. The first-order valence-electron chi connectivity index (χ1n) is 4.03. The number of H-pyrrole nitrogens is 1. The van der Waals surface area contributed by atoms with Crippen LogP contribution in [0.4, 0.5) is 0 Å². The largest absolute Gasteiger partial charge is 0.392 e. The Morgan fingerprint density at radius 2 is 2.08 bits per heavy atom. The van der Waals surface area contributed by atoms with E-state index in [0.717, 1.165) is 16.6 Å². The maximum atomic E-state index is 9.00. The van der Waals surface area contributed by atoms with Crippen LogP contribution in [-0.4, -0.2) is 20.2 Å². The Bertz CT molecular complexity index is 422. The minimum Gasteiger partial charge on any atom is -0.392 e. The van der Waals surface area contributed by atoms with Gasteiger partial charge < -0.3 is 15.2 Å². The van der Waals surface area contributed by atoms with Crippen molar-refractivity contribution >= 4 is 11.0 Å². The van der Waals surface area contributed by atoms with Crippen LogP contribution in [0.1, 0.15) is 11.4 Å². The molecule has 0 unspecified atom stereocenters. The van der Waals surface area contributed by atoms with Crippen molar-refractivity contribution in [2.24, 2.45) is 0 Å². The van der Waals surface area contributed by atoms with Crippen molar-refractivity contribution < 1.29 is 10.2 Å². The van der Waals surface area contributed by atoms with Crippen LogP contribution in [0.25, 0.3) is 11.0 Å². The lowest BCUT2D eigenvalue weighted by molar-refractivity contribution is 0.272. The van der Waals surface area contributed by atoms with Crippen LogP contribution in [0.5, 0.6) is 0 Å². The molecule has 2 rings (SSSR count). The van der Waals surface area contributed by atoms with E-state index in [1.165, 1.54) is 0 Å². The predicted molar refractivity (Wildman–Crippen MR) is 47.9 cm³/mol. The number of aliphatic hydroxyl groups is 2. The third kappa shape index (κ3) is 1.30. The molecule has 0 aliphatic carbocycles. The number of hydrogen-bond donors (Lipinski definition) is 3. The fourth-order valence-electron chi connectivity index (χ4n) is 1.35. The summed E-state index contributed by atoms with van der Waals surface area (Å²) < 4.78 is 0. The molecule has 0 fully saturated rings. The van der Waals surface area contributed by atoms with Gasteiger partial charge in [0.2, 0.25) is 0 Å². The molecule has 2 aromatic rings. The van der Waals surface area contributed by atoms with E-state index in [9.17, 15) is 0 Å². The molecule has 0 saturated heterocycles. The summed E-state index contributed by atoms with van der Waals surface area (Å²) in [7, 11) is 0. The number of aromatic nitrogens is 2. The summed E-state index contributed by atoms with van der Waals surface area (Å²) in [5, 5.41) is 17.8. The molecule has 1 aromatic heterocycles. The van der Waals surface area contributed by atoms with Crippen LogP contribution in [-0.2, 0) is 13.2 Å². The highest BCUT2D eigenvalue weighted by Gasteiger charge is 2.04. The number of benzene rings is 1. The van der Waals surface area contributed by atoms with Gasteiger partial charge in [-0.1, -0.05) is 12.1 Å². The Balaban J connectivity index is 2.67. The van der Waals surface area contributed by atoms with Gasteiger partial charge in [0.15, 0.2) is 0 Å². The summed E-state index contributed by atoms with van der Waals surface area (Å²) in [4.78, 5) is 7.08. The van der Waals surface area contributed by atoms with Crippen molar-refractivity contribution in [3.8, 4) is 0 Å². The zero-order valence-corrected chi connectivity index (χ0v) is 6.99. The van der Waals surface area contributed by atoms with Gasteiger partial charge in [-0.2, -0.15) is 0 Å². The minimum atomic E-state index is -0.112. The van der Waals surface area contributed by atoms with Crippen molar-refractivity contribution in [2.45, 2.75) is 13.2 Å². The molecule has 4 heteroatoms. The lowest BCUT2D eigenvalue weighted by atomic mass is 10.2. The Morgan fingerprint density at radius 1 is 1.23 bits per heavy atom. The quantitative estimate of drug-likeness (QED) is 0.629. The second-order valence-corrected chi connectivity index (χ2v) is 2.81. The van der Waals surface area contributed by atoms with Gasteiger partial charge in [-0.25, -0.2) is 4.98 Å². The van der Waals surface area contributed by atoms with Gasteiger partial charge in [0.1, 0.15) is 12.4 Å². The Hall–Kier alpha value is -1.39. The molecule has 0 saturated carbocycles. The smallest absolute Gasteiger partial charge is 0.133 e. The van der Waals surface area contributed by atoms with Gasteiger partial charge >= 0.3 is 0 Å². The van der Waals surface area contributed by atoms with Gasteiger partial charge in [0.25, 0.3) is 0 Å². The van der Waals surface area contributed by atoms with Crippen molar-refractivity contribution in [2.75, 3.05) is 0 Å². The highest BCUT2D eigenvalue weighted by molar-refractivity contribution is 5.78. The van der Waals surface area contributed by atoms with Crippen molar-refractivity contribution in [1.29, 1.82) is 0 Å². The molecule has 0 aliphatic rings. The molecule has 3 N–H and O–H groups in total. The summed E-state index contributed by atoms with van der Waals surface area (Å²) in [6.07, 6.45) is 0. The first-order chi connectivity index (χ1) is 6.35. The van der Waals surface area contributed by atoms with Crippen molar-refractivity contribution in [3.63, 3.8) is 0 Å². The molecule has 13 heavy (non-hydrogen) atoms. The van der Waals surface area contributed by atoms with E-state index in [1.54, 1.807) is 0 Å². The fraction of sp³-hybridized carbons (Fsp3) is 0.222. The number of nitrogens with one attached hydrogen (secondary N) is 1. The van der Waals surface area contributed by atoms with Gasteiger partial charge in [-0.15, -0.1) is 0 Å². The number of para-hydroxylation sites is 1. The number of hydrogen-bond acceptors (Lipinski definition) is 3. The normalized spacial score (nSPS) is 10.9. The van der Waals surface area contributed by atoms with Crippen LogP contribution in [0.3, 0.4) is 0 Å². The summed E-state index contributed by atoms with van der Waals surface area (Å²) >= 11 is 0. The van der Waals surface area contributed by atoms with E-state index in [4.69, 9.17) is 10.2 Å². The first kappa shape index (κ1) is 8.22. The summed E-state index contributed by atoms with van der Waals surface area (Å²) in [5.74, 6) is 0.524. The molecule has 0 bridgehead atoms. The molecule has 0 spiro atoms. The zero-order chi connectivity index (χ0) is 9.26. The molecular weight excluding hydrogens is 168 g/mol. The number of rotatable bonds is 2. The third-order valence-electron chi connectivity index (χ3n) is 1.97. The number of aromatic amines is 1. The van der Waals surface area contributed by atoms with Crippen molar-refractivity contribution in [1.82, 2.24) is 9.97 Å². The summed E-state index contributed by atoms with van der Waals surface area (Å²) in [5.41, 5.74) is 2.35. The van der Waals surface area contributed by atoms with Crippen molar-refractivity contribution in [3.05, 3.63) is 29.6 Å². The second kappa shape index (κ2) is 3.16. The van der Waals surface area contributed by atoms with Crippen LogP contribution in [0.15, 0.2) is 18.2 Å². The third-order valence-corrected chi connectivity index (χ3v) is 1.97. The maximum Gasteiger partial charge on any atom is 0.133 e. The highest BCUT2D eigenvalue weighted by Crippen LogP contribution is 2.16. The lowest BCUT2D eigenvalue weighted by Crippen LogP contribution is -1.85. The fourth-order valence-corrected chi connectivity index (χ4v) is 1.35. The zero-order valence-electron chi connectivity index (χ0n) is 6.99. The van der Waals surface area contributed by atoms with E-state index in [1.807, 2.05) is 18.2 Å². The van der Waals surface area contributed by atoms with Gasteiger partial charge in [0.05, 0.1) is 17.6 Å². The second-order valence-electron chi connectivity index (χ2n) is 2.81. The maximum absolute atomic E-state index is 9.00. The number of fused-ring (bicyclic) bond motifs is 1. The van der Waals surface area contributed by atoms with E-state index < -0.39 is 0 Å². The minimum absolute atomic E-state index is 0.0347. The molecule has 0 amide bonds. The molecule has 0 atom stereocenters. The average molecular weight is 178 g/mol. The summed E-state index contributed by atoms with van der Waals surface area (Å²) in [6, 6.07) is 5.51. The SMILES string of the molecule is OCc1nc2c(CO)cccc2[nH]1. The molecule has 68 valence electrons. The number of nitrogens with zero attached hydrogens (tertiary/aromatic N) is 1. The van der Waals surface area contributed by atoms with E-state index >= 15 is 0 Å². The monoisotopic (exact) mass is 178 g/mol. The van der Waals surface area contributed by atoms with Crippen LogP contribution >= 0.6 is 0 Å². The van der Waals surface area contributed by atoms with E-state index in [-0.39, 0.29) is 13.2 Å². The standard InChI is InChI=1S/C9H10N2O2/c12-4-6-2-1-3-7-9(6)11-8(5-13)10-7/h1-3,12-13H,4-5H2,(H,10,11).